The molecule has 3 aliphatic rings. The molecule has 1 fully saturated rings. The summed E-state index contributed by atoms with van der Waals surface area (Å²) in [5.74, 6) is 0. The van der Waals surface area contributed by atoms with Crippen molar-refractivity contribution in [2.24, 2.45) is 0 Å². The molecule has 4 aromatic carbocycles. The van der Waals surface area contributed by atoms with Crippen LogP contribution in [0.4, 0.5) is 0 Å². The van der Waals surface area contributed by atoms with Gasteiger partial charge in [0.1, 0.15) is 0 Å². The first kappa shape index (κ1) is 33.9. The van der Waals surface area contributed by atoms with Gasteiger partial charge < -0.3 is 0 Å². The molecular formula is C46H56HfSi. The van der Waals surface area contributed by atoms with Gasteiger partial charge in [-0.25, -0.2) is 0 Å². The molecule has 1 heterocycles. The molecule has 0 saturated carbocycles. The van der Waals surface area contributed by atoms with Crippen molar-refractivity contribution < 1.29 is 20.0 Å². The maximum absolute atomic E-state index is 3.14. The number of hydrogen-bond acceptors (Lipinski definition) is 0. The van der Waals surface area contributed by atoms with Crippen LogP contribution in [0.1, 0.15) is 104 Å². The van der Waals surface area contributed by atoms with E-state index < -0.39 is 28.0 Å². The fourth-order valence-electron chi connectivity index (χ4n) is 10.1. The minimum absolute atomic E-state index is 0.685. The van der Waals surface area contributed by atoms with Gasteiger partial charge in [0, 0.05) is 0 Å². The Balaban J connectivity index is 1.50. The van der Waals surface area contributed by atoms with Crippen molar-refractivity contribution in [3.63, 3.8) is 0 Å². The summed E-state index contributed by atoms with van der Waals surface area (Å²) >= 11 is -3.14. The van der Waals surface area contributed by atoms with Gasteiger partial charge in [-0.15, -0.1) is 0 Å². The second-order valence-electron chi connectivity index (χ2n) is 16.1. The van der Waals surface area contributed by atoms with Gasteiger partial charge in [0.05, 0.1) is 0 Å². The van der Waals surface area contributed by atoms with E-state index in [-0.39, 0.29) is 0 Å². The van der Waals surface area contributed by atoms with Crippen LogP contribution in [-0.2, 0) is 20.0 Å². The van der Waals surface area contributed by atoms with Gasteiger partial charge in [-0.1, -0.05) is 0 Å². The third-order valence-electron chi connectivity index (χ3n) is 12.5. The van der Waals surface area contributed by atoms with E-state index in [4.69, 9.17) is 0 Å². The van der Waals surface area contributed by atoms with E-state index in [1.54, 1.807) is 22.3 Å². The first-order valence-electron chi connectivity index (χ1n) is 19.0. The molecule has 2 heteroatoms. The number of allylic oxidation sites excluding steroid dienone is 2. The quantitative estimate of drug-likeness (QED) is 0.110. The number of fused-ring (bicyclic) bond motifs is 6. The van der Waals surface area contributed by atoms with Crippen LogP contribution in [0.25, 0.3) is 34.4 Å². The van der Waals surface area contributed by atoms with E-state index in [2.05, 4.69) is 136 Å². The first-order chi connectivity index (χ1) is 23.1. The van der Waals surface area contributed by atoms with Gasteiger partial charge in [-0.3, -0.25) is 0 Å². The molecule has 0 spiro atoms. The van der Waals surface area contributed by atoms with Crippen LogP contribution in [0, 0.1) is 27.7 Å². The molecule has 0 amide bonds. The predicted molar refractivity (Wildman–Crippen MR) is 210 cm³/mol. The molecule has 7 rings (SSSR count). The van der Waals surface area contributed by atoms with Crippen LogP contribution in [0.15, 0.2) is 83.2 Å². The van der Waals surface area contributed by atoms with Gasteiger partial charge in [0.25, 0.3) is 0 Å². The van der Waals surface area contributed by atoms with Gasteiger partial charge >= 0.3 is 299 Å². The summed E-state index contributed by atoms with van der Waals surface area (Å²) in [6.45, 7) is 13.9. The fraction of sp³-hybridized carbons (Fsp3) is 0.391. The topological polar surface area (TPSA) is 0 Å². The van der Waals surface area contributed by atoms with Crippen molar-refractivity contribution in [2.45, 2.75) is 109 Å². The monoisotopic (exact) mass is 816 g/mol. The second-order valence-corrected chi connectivity index (χ2v) is 37.7. The van der Waals surface area contributed by atoms with E-state index in [1.165, 1.54) is 95.1 Å². The van der Waals surface area contributed by atoms with Crippen LogP contribution < -0.4 is 0 Å². The molecule has 0 aromatic heterocycles. The van der Waals surface area contributed by atoms with Crippen molar-refractivity contribution in [2.75, 3.05) is 0 Å². The maximum atomic E-state index is 2.85. The zero-order chi connectivity index (χ0) is 33.8. The number of rotatable bonds is 10. The van der Waals surface area contributed by atoms with Crippen LogP contribution >= 0.6 is 0 Å². The van der Waals surface area contributed by atoms with Crippen LogP contribution in [-0.4, -0.2) is 8.07 Å². The van der Waals surface area contributed by atoms with Crippen molar-refractivity contribution in [1.29, 1.82) is 0 Å². The van der Waals surface area contributed by atoms with Gasteiger partial charge in [-0.2, -0.15) is 0 Å². The summed E-state index contributed by atoms with van der Waals surface area (Å²) in [5, 5.41) is 3.91. The van der Waals surface area contributed by atoms with E-state index in [9.17, 15) is 0 Å². The molecule has 4 aromatic rings. The third kappa shape index (κ3) is 5.49. The Kier molecular flexibility index (Phi) is 9.39. The number of unbranched alkanes of at least 4 members (excludes halogenated alkanes) is 4. The third-order valence-corrected chi connectivity index (χ3v) is 35.2. The second kappa shape index (κ2) is 13.3. The molecule has 2 aliphatic carbocycles. The van der Waals surface area contributed by atoms with E-state index >= 15 is 0 Å². The van der Waals surface area contributed by atoms with Gasteiger partial charge in [-0.05, 0) is 0 Å². The van der Waals surface area contributed by atoms with E-state index in [0.29, 0.717) is 7.35 Å². The number of aryl methyl sites for hydroxylation is 4. The SMILES string of the molecule is CCCCC[Si]1(CCCCC)C2=Cc3c(-c4cc(C)ccc4C)cccc3[CH]2[Hf]([CH3])([CH3])[CH]2C1=Cc1c(-c3cc(C)ccc3C)cccc12. The molecule has 0 nitrogen and oxygen atoms in total. The van der Waals surface area contributed by atoms with Gasteiger partial charge in [0.2, 0.25) is 0 Å². The van der Waals surface area contributed by atoms with Gasteiger partial charge in [0.15, 0.2) is 0 Å². The summed E-state index contributed by atoms with van der Waals surface area (Å²) in [4.78, 5) is 0. The molecule has 248 valence electrons. The van der Waals surface area contributed by atoms with E-state index in [0.717, 1.165) is 0 Å². The molecule has 48 heavy (non-hydrogen) atoms. The normalized spacial score (nSPS) is 19.7. The molecule has 1 aliphatic heterocycles. The molecule has 1 saturated heterocycles. The molecule has 2 unspecified atom stereocenters. The van der Waals surface area contributed by atoms with Crippen molar-refractivity contribution in [3.05, 3.63) is 128 Å². The molecular weight excluding hydrogens is 759 g/mol. The summed E-state index contributed by atoms with van der Waals surface area (Å²) in [5.41, 5.74) is 17.9. The Hall–Kier alpha value is -2.55. The minimum atomic E-state index is -3.14. The Morgan fingerprint density at radius 2 is 0.979 bits per heavy atom. The Labute approximate surface area is 297 Å². The summed E-state index contributed by atoms with van der Waals surface area (Å²) in [7, 11) is -2.02. The predicted octanol–water partition coefficient (Wildman–Crippen LogP) is 14.0. The Morgan fingerprint density at radius 1 is 0.542 bits per heavy atom. The zero-order valence-electron chi connectivity index (χ0n) is 30.9. The standard InChI is InChI=1S/C44H50Si.2CH3.Hf/c1-7-9-11-23-45(24-12-10-8-2,37-27-35-15-13-17-39(43(35)29-37)41-25-31(3)19-21-33(41)5)38-28-36-16-14-18-40(44(36)30-38)42-26-32(4)20-22-34(42)6;;;/h13-22,25-30H,7-12,23-24H2,1-6H3;2*1H3;. The molecule has 0 bridgehead atoms. The Morgan fingerprint density at radius 3 is 1.40 bits per heavy atom. The summed E-state index contributed by atoms with van der Waals surface area (Å²) in [6.07, 6.45) is 13.7. The van der Waals surface area contributed by atoms with Crippen LogP contribution in [0.3, 0.4) is 0 Å². The average molecular weight is 816 g/mol. The average Bonchev–Trinajstić information content (AvgIpc) is 3.68. The summed E-state index contributed by atoms with van der Waals surface area (Å²) < 4.78 is 7.06. The molecule has 0 radical (unpaired) electrons. The number of hydrogen-bond donors (Lipinski definition) is 0. The van der Waals surface area contributed by atoms with Crippen molar-refractivity contribution in [3.8, 4) is 22.3 Å². The van der Waals surface area contributed by atoms with E-state index in [1.807, 2.05) is 10.4 Å². The fourth-order valence-corrected chi connectivity index (χ4v) is 43.0. The van der Waals surface area contributed by atoms with Crippen LogP contribution in [0.5, 0.6) is 0 Å². The molecule has 2 atom stereocenters. The number of benzene rings is 4. The van der Waals surface area contributed by atoms with Crippen LogP contribution in [0.2, 0.25) is 21.4 Å². The first-order valence-corrected chi connectivity index (χ1v) is 32.7. The molecule has 0 N–H and O–H groups in total. The zero-order valence-corrected chi connectivity index (χ0v) is 35.5. The van der Waals surface area contributed by atoms with Crippen molar-refractivity contribution in [1.82, 2.24) is 0 Å². The van der Waals surface area contributed by atoms with Crippen molar-refractivity contribution >= 4 is 20.2 Å². The Bertz CT molecular complexity index is 1800. The summed E-state index contributed by atoms with van der Waals surface area (Å²) in [6, 6.07) is 31.8.